The van der Waals surface area contributed by atoms with Gasteiger partial charge in [-0.3, -0.25) is 0 Å². The number of rotatable bonds is 2. The molecular weight excluding hydrogens is 625 g/mol. The summed E-state index contributed by atoms with van der Waals surface area (Å²) in [6, 6.07) is 56.6. The summed E-state index contributed by atoms with van der Waals surface area (Å²) in [6.45, 7) is 2.43. The summed E-state index contributed by atoms with van der Waals surface area (Å²) in [5, 5.41) is 8.78. The van der Waals surface area contributed by atoms with E-state index in [9.17, 15) is 0 Å². The Balaban J connectivity index is 1.34. The van der Waals surface area contributed by atoms with Crippen molar-refractivity contribution in [2.75, 3.05) is 0 Å². The van der Waals surface area contributed by atoms with Crippen molar-refractivity contribution < 1.29 is 4.42 Å². The second kappa shape index (κ2) is 9.38. The molecule has 0 fully saturated rings. The van der Waals surface area contributed by atoms with Crippen molar-refractivity contribution in [3.8, 4) is 43.8 Å². The van der Waals surface area contributed by atoms with Crippen LogP contribution in [0.15, 0.2) is 156 Å². The lowest BCUT2D eigenvalue weighted by molar-refractivity contribution is 0.668. The van der Waals surface area contributed by atoms with Crippen LogP contribution in [-0.2, 0) is 5.41 Å². The van der Waals surface area contributed by atoms with Crippen molar-refractivity contribution in [3.63, 3.8) is 0 Å². The first-order valence-electron chi connectivity index (χ1n) is 17.3. The maximum Gasteiger partial charge on any atom is 0.136 e. The monoisotopic (exact) mass is 652 g/mol. The SMILES string of the molecule is CC12c3ccc4c(c5ccccc5c(-c5sc6ccccc6c5-c5ccccc5)c4c3)-c3cccc4oc5cc(c1cc5c34)-c1ccccc12. The second-order valence-electron chi connectivity index (χ2n) is 14.1. The van der Waals surface area contributed by atoms with Crippen LogP contribution in [0.4, 0.5) is 0 Å². The number of hydrogen-bond acceptors (Lipinski definition) is 2. The average molecular weight is 653 g/mol. The molecule has 10 aromatic rings. The zero-order chi connectivity index (χ0) is 32.7. The molecule has 50 heavy (non-hydrogen) atoms. The number of thiophene rings is 1. The van der Waals surface area contributed by atoms with Crippen LogP contribution in [0.3, 0.4) is 0 Å². The Morgan fingerprint density at radius 1 is 0.460 bits per heavy atom. The van der Waals surface area contributed by atoms with Gasteiger partial charge in [0.1, 0.15) is 11.2 Å². The molecule has 3 aliphatic carbocycles. The highest BCUT2D eigenvalue weighted by Gasteiger charge is 2.42. The molecule has 2 aromatic heterocycles. The van der Waals surface area contributed by atoms with Crippen LogP contribution in [0, 0.1) is 0 Å². The van der Waals surface area contributed by atoms with Crippen LogP contribution >= 0.6 is 11.3 Å². The smallest absolute Gasteiger partial charge is 0.136 e. The molecule has 0 spiro atoms. The van der Waals surface area contributed by atoms with Crippen LogP contribution in [0.25, 0.3) is 97.4 Å². The summed E-state index contributed by atoms with van der Waals surface area (Å²) in [5.41, 5.74) is 14.5. The molecule has 6 bridgehead atoms. The molecule has 8 aromatic carbocycles. The van der Waals surface area contributed by atoms with Crippen molar-refractivity contribution >= 4 is 64.9 Å². The van der Waals surface area contributed by atoms with E-state index in [1.54, 1.807) is 0 Å². The molecule has 2 heterocycles. The molecule has 0 radical (unpaired) electrons. The lowest BCUT2D eigenvalue weighted by Crippen LogP contribution is -2.22. The van der Waals surface area contributed by atoms with E-state index in [-0.39, 0.29) is 5.41 Å². The van der Waals surface area contributed by atoms with E-state index in [1.165, 1.54) is 103 Å². The number of fused-ring (bicyclic) bond motifs is 5. The molecule has 232 valence electrons. The first-order chi connectivity index (χ1) is 24.7. The normalized spacial score (nSPS) is 15.8. The van der Waals surface area contributed by atoms with Gasteiger partial charge in [-0.15, -0.1) is 11.3 Å². The fourth-order valence-electron chi connectivity index (χ4n) is 9.46. The number of hydrogen-bond donors (Lipinski definition) is 0. The van der Waals surface area contributed by atoms with Crippen molar-refractivity contribution in [1.29, 1.82) is 0 Å². The van der Waals surface area contributed by atoms with Crippen molar-refractivity contribution in [3.05, 3.63) is 168 Å². The summed E-state index contributed by atoms with van der Waals surface area (Å²) >= 11 is 1.92. The summed E-state index contributed by atoms with van der Waals surface area (Å²) in [6.07, 6.45) is 0. The molecular formula is C48H28OS. The molecule has 0 saturated heterocycles. The predicted molar refractivity (Wildman–Crippen MR) is 211 cm³/mol. The second-order valence-corrected chi connectivity index (χ2v) is 15.1. The minimum absolute atomic E-state index is 0.345. The van der Waals surface area contributed by atoms with Gasteiger partial charge >= 0.3 is 0 Å². The van der Waals surface area contributed by atoms with Crippen molar-refractivity contribution in [2.24, 2.45) is 0 Å². The number of furan rings is 1. The van der Waals surface area contributed by atoms with Crippen LogP contribution in [0.1, 0.15) is 23.6 Å². The maximum atomic E-state index is 6.73. The lowest BCUT2D eigenvalue weighted by Gasteiger charge is -2.29. The van der Waals surface area contributed by atoms with Gasteiger partial charge in [-0.25, -0.2) is 0 Å². The van der Waals surface area contributed by atoms with Gasteiger partial charge in [0.05, 0.1) is 0 Å². The highest BCUT2D eigenvalue weighted by molar-refractivity contribution is 7.23. The van der Waals surface area contributed by atoms with E-state index in [2.05, 4.69) is 159 Å². The quantitative estimate of drug-likeness (QED) is 0.169. The largest absolute Gasteiger partial charge is 0.456 e. The van der Waals surface area contributed by atoms with Gasteiger partial charge in [-0.05, 0) is 103 Å². The molecule has 1 atom stereocenters. The Labute approximate surface area is 292 Å². The molecule has 1 unspecified atom stereocenters. The van der Waals surface area contributed by atoms with Crippen LogP contribution in [0.5, 0.6) is 0 Å². The third kappa shape index (κ3) is 3.23. The fraction of sp³-hybridized carbons (Fsp3) is 0.0417. The first kappa shape index (κ1) is 26.9. The summed E-state index contributed by atoms with van der Waals surface area (Å²) in [7, 11) is 0. The number of benzene rings is 8. The Hall–Kier alpha value is -5.96. The average Bonchev–Trinajstić information content (AvgIpc) is 3.81. The molecule has 13 rings (SSSR count). The molecule has 0 aliphatic heterocycles. The van der Waals surface area contributed by atoms with E-state index < -0.39 is 0 Å². The zero-order valence-electron chi connectivity index (χ0n) is 27.3. The van der Waals surface area contributed by atoms with Crippen LogP contribution < -0.4 is 0 Å². The summed E-state index contributed by atoms with van der Waals surface area (Å²) in [4.78, 5) is 1.32. The van der Waals surface area contributed by atoms with Gasteiger partial charge < -0.3 is 4.42 Å². The molecule has 3 aliphatic rings. The summed E-state index contributed by atoms with van der Waals surface area (Å²) < 4.78 is 8.03. The van der Waals surface area contributed by atoms with Gasteiger partial charge in [0.2, 0.25) is 0 Å². The lowest BCUT2D eigenvalue weighted by atomic mass is 9.73. The highest BCUT2D eigenvalue weighted by atomic mass is 32.1. The van der Waals surface area contributed by atoms with E-state index in [0.29, 0.717) is 0 Å². The Kier molecular flexibility index (Phi) is 5.05. The molecule has 2 heteroatoms. The molecule has 0 N–H and O–H groups in total. The van der Waals surface area contributed by atoms with E-state index in [1.807, 2.05) is 11.3 Å². The van der Waals surface area contributed by atoms with Crippen molar-refractivity contribution in [2.45, 2.75) is 12.3 Å². The Morgan fingerprint density at radius 2 is 1.18 bits per heavy atom. The standard InChI is InChI=1S/C48H28OS/c1-48-28-22-23-32-36(24-28)46(47-43(27-12-3-2-4-13-27)33-17-8-10-21-42(33)50-47)31-16-6-5-15-30(31)44(32)34-18-11-20-40-45(34)37-25-39(48)35(26-41(37)49-40)29-14-7-9-19-38(29)48/h2-26H,1H3. The van der Waals surface area contributed by atoms with Gasteiger partial charge in [0, 0.05) is 42.3 Å². The van der Waals surface area contributed by atoms with Crippen LogP contribution in [0.2, 0.25) is 0 Å². The zero-order valence-corrected chi connectivity index (χ0v) is 28.1. The topological polar surface area (TPSA) is 13.1 Å². The summed E-state index contributed by atoms with van der Waals surface area (Å²) in [5.74, 6) is 0. The van der Waals surface area contributed by atoms with E-state index >= 15 is 0 Å². The third-order valence-electron chi connectivity index (χ3n) is 11.7. The van der Waals surface area contributed by atoms with Gasteiger partial charge in [0.15, 0.2) is 0 Å². The minimum atomic E-state index is -0.345. The molecule has 0 saturated carbocycles. The Morgan fingerprint density at radius 3 is 2.06 bits per heavy atom. The fourth-order valence-corrected chi connectivity index (χ4v) is 10.8. The third-order valence-corrected chi connectivity index (χ3v) is 12.9. The van der Waals surface area contributed by atoms with Crippen molar-refractivity contribution in [1.82, 2.24) is 0 Å². The predicted octanol–water partition coefficient (Wildman–Crippen LogP) is 13.8. The van der Waals surface area contributed by atoms with Gasteiger partial charge in [-0.2, -0.15) is 0 Å². The molecule has 1 nitrogen and oxygen atoms in total. The molecule has 0 amide bonds. The Bertz CT molecular complexity index is 3100. The maximum absolute atomic E-state index is 6.73. The first-order valence-corrected chi connectivity index (χ1v) is 18.2. The van der Waals surface area contributed by atoms with E-state index in [4.69, 9.17) is 4.42 Å². The van der Waals surface area contributed by atoms with E-state index in [0.717, 1.165) is 11.2 Å². The van der Waals surface area contributed by atoms with Crippen LogP contribution in [-0.4, -0.2) is 0 Å². The van der Waals surface area contributed by atoms with Gasteiger partial charge in [0.25, 0.3) is 0 Å². The minimum Gasteiger partial charge on any atom is -0.456 e. The highest BCUT2D eigenvalue weighted by Crippen LogP contribution is 2.58. The van der Waals surface area contributed by atoms with Gasteiger partial charge in [-0.1, -0.05) is 121 Å².